The monoisotopic (exact) mass is 548 g/mol. The highest BCUT2D eigenvalue weighted by atomic mass is 35.5. The van der Waals surface area contributed by atoms with Gasteiger partial charge in [-0.2, -0.15) is 0 Å². The number of aromatic nitrogens is 6. The van der Waals surface area contributed by atoms with E-state index in [2.05, 4.69) is 39.8 Å². The first-order chi connectivity index (χ1) is 18.2. The molecule has 9 nitrogen and oxygen atoms in total. The zero-order valence-corrected chi connectivity index (χ0v) is 23.5. The Balaban J connectivity index is 1.36. The van der Waals surface area contributed by atoms with Crippen molar-refractivity contribution >= 4 is 30.8 Å². The van der Waals surface area contributed by atoms with Crippen LogP contribution in [0.5, 0.6) is 0 Å². The number of nitrogens with one attached hydrogen (secondary N) is 1. The maximum atomic E-state index is 13.1. The molecule has 0 amide bonds. The number of pyridine rings is 1. The Labute approximate surface area is 226 Å². The molecule has 38 heavy (non-hydrogen) atoms. The molecule has 1 N–H and O–H groups in total. The topological polar surface area (TPSA) is 99.9 Å². The molecular formula is C27H29ClN6O3Si. The predicted molar refractivity (Wildman–Crippen MR) is 151 cm³/mol. The van der Waals surface area contributed by atoms with Gasteiger partial charge in [0.15, 0.2) is 14.1 Å². The summed E-state index contributed by atoms with van der Waals surface area (Å²) in [6, 6.07) is 15.0. The molecule has 0 spiro atoms. The minimum absolute atomic E-state index is 0.170. The van der Waals surface area contributed by atoms with Crippen molar-refractivity contribution in [2.24, 2.45) is 0 Å². The van der Waals surface area contributed by atoms with Crippen LogP contribution in [0.15, 0.2) is 65.8 Å². The quantitative estimate of drug-likeness (QED) is 0.195. The summed E-state index contributed by atoms with van der Waals surface area (Å²) in [7, 11) is -1.54. The van der Waals surface area contributed by atoms with Gasteiger partial charge in [0.25, 0.3) is 5.56 Å². The lowest BCUT2D eigenvalue weighted by atomic mass is 10.0. The van der Waals surface area contributed by atoms with Gasteiger partial charge in [0.2, 0.25) is 0 Å². The first kappa shape index (κ1) is 26.1. The maximum Gasteiger partial charge on any atom is 0.280 e. The van der Waals surface area contributed by atoms with Crippen LogP contribution in [0.4, 0.5) is 0 Å². The molecule has 0 radical (unpaired) electrons. The van der Waals surface area contributed by atoms with Crippen molar-refractivity contribution in [2.45, 2.75) is 33.3 Å². The molecule has 11 heteroatoms. The van der Waals surface area contributed by atoms with Gasteiger partial charge in [0.05, 0.1) is 29.8 Å². The Hall–Kier alpha value is -3.57. The van der Waals surface area contributed by atoms with Gasteiger partial charge in [-0.05, 0) is 56.4 Å². The van der Waals surface area contributed by atoms with E-state index in [1.165, 1.54) is 4.68 Å². The Morgan fingerprint density at radius 1 is 0.974 bits per heavy atom. The van der Waals surface area contributed by atoms with E-state index in [1.807, 2.05) is 31.2 Å². The van der Waals surface area contributed by atoms with Crippen molar-refractivity contribution in [2.75, 3.05) is 13.2 Å². The molecule has 0 atom stereocenters. The molecule has 0 aliphatic heterocycles. The van der Waals surface area contributed by atoms with Crippen LogP contribution in [0.25, 0.3) is 39.1 Å². The second kappa shape index (κ2) is 10.7. The second-order valence-electron chi connectivity index (χ2n) is 9.92. The number of hydrogen-bond acceptors (Lipinski definition) is 6. The number of benzene rings is 2. The van der Waals surface area contributed by atoms with E-state index >= 15 is 0 Å². The minimum Gasteiger partial charge on any atom is -0.415 e. The summed E-state index contributed by atoms with van der Waals surface area (Å²) in [5.74, 6) is 0.605. The van der Waals surface area contributed by atoms with Gasteiger partial charge < -0.3 is 9.16 Å². The molecule has 196 valence electrons. The molecule has 3 aromatic heterocycles. The van der Waals surface area contributed by atoms with E-state index in [9.17, 15) is 4.79 Å². The van der Waals surface area contributed by atoms with E-state index in [1.54, 1.807) is 41.5 Å². The molecule has 3 heterocycles. The highest BCUT2D eigenvalue weighted by Crippen LogP contribution is 2.30. The number of aryl methyl sites for hydroxylation is 1. The van der Waals surface area contributed by atoms with Gasteiger partial charge in [-0.3, -0.25) is 14.9 Å². The zero-order valence-electron chi connectivity index (χ0n) is 21.7. The number of rotatable bonds is 9. The minimum atomic E-state index is -1.54. The van der Waals surface area contributed by atoms with Gasteiger partial charge >= 0.3 is 0 Å². The number of halogens is 1. The summed E-state index contributed by atoms with van der Waals surface area (Å²) in [6.45, 7) is 9.78. The van der Waals surface area contributed by atoms with E-state index in [4.69, 9.17) is 20.8 Å². The van der Waals surface area contributed by atoms with Gasteiger partial charge in [-0.1, -0.05) is 35.9 Å². The lowest BCUT2D eigenvalue weighted by Gasteiger charge is -2.16. The fraction of sp³-hybridized carbons (Fsp3) is 0.259. The molecule has 0 aliphatic carbocycles. The Morgan fingerprint density at radius 2 is 1.68 bits per heavy atom. The van der Waals surface area contributed by atoms with Crippen molar-refractivity contribution < 1.29 is 9.16 Å². The Kier molecular flexibility index (Phi) is 7.31. The molecular weight excluding hydrogens is 520 g/mol. The third kappa shape index (κ3) is 5.63. The Morgan fingerprint density at radius 3 is 2.39 bits per heavy atom. The van der Waals surface area contributed by atoms with E-state index in [0.29, 0.717) is 41.9 Å². The van der Waals surface area contributed by atoms with Gasteiger partial charge in [-0.15, -0.1) is 5.10 Å². The summed E-state index contributed by atoms with van der Waals surface area (Å²) >= 11 is 6.02. The van der Waals surface area contributed by atoms with E-state index < -0.39 is 8.32 Å². The summed E-state index contributed by atoms with van der Waals surface area (Å²) < 4.78 is 14.6. The lowest BCUT2D eigenvalue weighted by molar-refractivity contribution is 0.0457. The second-order valence-corrected chi connectivity index (χ2v) is 14.9. The van der Waals surface area contributed by atoms with Crippen LogP contribution in [-0.4, -0.2) is 51.1 Å². The number of fused-ring (bicyclic) bond motifs is 1. The van der Waals surface area contributed by atoms with Gasteiger partial charge in [0, 0.05) is 28.0 Å². The van der Waals surface area contributed by atoms with Crippen LogP contribution < -0.4 is 5.56 Å². The number of hydrogen-bond donors (Lipinski definition) is 1. The van der Waals surface area contributed by atoms with Crippen LogP contribution in [0.1, 0.15) is 5.69 Å². The lowest BCUT2D eigenvalue weighted by Crippen LogP contribution is -2.27. The van der Waals surface area contributed by atoms with Crippen LogP contribution in [0.3, 0.4) is 0 Å². The Bertz CT molecular complexity index is 1620. The van der Waals surface area contributed by atoms with Gasteiger partial charge in [-0.25, -0.2) is 14.3 Å². The summed E-state index contributed by atoms with van der Waals surface area (Å²) in [5.41, 5.74) is 4.74. The first-order valence-corrected chi connectivity index (χ1v) is 16.1. The standard InChI is InChI=1S/C27H29ClN6O3Si/c1-18-24(25-23(15-29-18)27(35)34(31-25)22-11-9-21(28)10-12-22)19-5-7-20(8-6-19)26-30-16-33(32-26)17-36-13-14-37-38(2,3)4/h5-12,15-16,31H,13-14,17H2,1-4H3. The van der Waals surface area contributed by atoms with E-state index in [0.717, 1.165) is 27.9 Å². The van der Waals surface area contributed by atoms with Crippen LogP contribution in [-0.2, 0) is 15.9 Å². The fourth-order valence-corrected chi connectivity index (χ4v) is 4.95. The summed E-state index contributed by atoms with van der Waals surface area (Å²) in [5, 5.41) is 8.91. The number of ether oxygens (including phenoxy) is 1. The van der Waals surface area contributed by atoms with E-state index in [-0.39, 0.29) is 5.56 Å². The van der Waals surface area contributed by atoms with Gasteiger partial charge in [0.1, 0.15) is 13.1 Å². The number of aromatic amines is 1. The van der Waals surface area contributed by atoms with Crippen molar-refractivity contribution in [3.8, 4) is 28.2 Å². The third-order valence-corrected chi connectivity index (χ3v) is 7.29. The molecule has 0 saturated carbocycles. The normalized spacial score (nSPS) is 11.9. The molecule has 0 aliphatic rings. The van der Waals surface area contributed by atoms with Crippen molar-refractivity contribution in [1.82, 2.24) is 29.5 Å². The molecule has 0 unspecified atom stereocenters. The summed E-state index contributed by atoms with van der Waals surface area (Å²) in [6.07, 6.45) is 3.27. The first-order valence-electron chi connectivity index (χ1n) is 12.3. The van der Waals surface area contributed by atoms with Crippen molar-refractivity contribution in [3.63, 3.8) is 0 Å². The van der Waals surface area contributed by atoms with Crippen molar-refractivity contribution in [3.05, 3.63) is 82.1 Å². The van der Waals surface area contributed by atoms with Crippen molar-refractivity contribution in [1.29, 1.82) is 0 Å². The molecule has 0 saturated heterocycles. The molecule has 2 aromatic carbocycles. The number of nitrogens with zero attached hydrogens (tertiary/aromatic N) is 5. The zero-order chi connectivity index (χ0) is 26.9. The number of H-pyrrole nitrogens is 1. The summed E-state index contributed by atoms with van der Waals surface area (Å²) in [4.78, 5) is 22.1. The highest BCUT2D eigenvalue weighted by molar-refractivity contribution is 6.69. The highest BCUT2D eigenvalue weighted by Gasteiger charge is 2.17. The van der Waals surface area contributed by atoms with Crippen LogP contribution in [0, 0.1) is 6.92 Å². The third-order valence-electron chi connectivity index (χ3n) is 5.96. The molecule has 5 aromatic rings. The average molecular weight is 549 g/mol. The fourth-order valence-electron chi connectivity index (χ4n) is 4.13. The largest absolute Gasteiger partial charge is 0.415 e. The maximum absolute atomic E-state index is 13.1. The molecule has 5 rings (SSSR count). The smallest absolute Gasteiger partial charge is 0.280 e. The van der Waals surface area contributed by atoms with Crippen LogP contribution >= 0.6 is 11.6 Å². The molecule has 0 fully saturated rings. The van der Waals surface area contributed by atoms with Crippen LogP contribution in [0.2, 0.25) is 24.7 Å². The SMILES string of the molecule is Cc1ncc2c(=O)n(-c3ccc(Cl)cc3)[nH]c2c1-c1ccc(-c2ncn(COCCO[Si](C)(C)C)n2)cc1. The predicted octanol–water partition coefficient (Wildman–Crippen LogP) is 5.43. The molecule has 0 bridgehead atoms. The average Bonchev–Trinajstić information content (AvgIpc) is 3.48.